The summed E-state index contributed by atoms with van der Waals surface area (Å²) in [7, 11) is -3.66. The number of halogens is 1. The Morgan fingerprint density at radius 3 is 2.71 bits per heavy atom. The van der Waals surface area contributed by atoms with Crippen LogP contribution in [0.15, 0.2) is 29.2 Å². The fourth-order valence-corrected chi connectivity index (χ4v) is 3.36. The first-order chi connectivity index (χ1) is 10.9. The molecule has 1 saturated heterocycles. The van der Waals surface area contributed by atoms with Crippen molar-refractivity contribution < 1.29 is 18.0 Å². The summed E-state index contributed by atoms with van der Waals surface area (Å²) in [5, 5.41) is 2.61. The minimum absolute atomic E-state index is 0. The molecule has 1 aliphatic rings. The number of benzene rings is 1. The summed E-state index contributed by atoms with van der Waals surface area (Å²) in [6.07, 6.45) is 1.22. The largest absolute Gasteiger partial charge is 0.333 e. The third-order valence-electron chi connectivity index (χ3n) is 3.37. The van der Waals surface area contributed by atoms with Crippen molar-refractivity contribution in [1.82, 2.24) is 9.62 Å². The summed E-state index contributed by atoms with van der Waals surface area (Å²) in [4.78, 5) is 25.0. The molecule has 134 valence electrons. The van der Waals surface area contributed by atoms with Gasteiger partial charge in [0.25, 0.3) is 0 Å². The predicted molar refractivity (Wildman–Crippen MR) is 92.4 cm³/mol. The highest BCUT2D eigenvalue weighted by Crippen LogP contribution is 2.16. The van der Waals surface area contributed by atoms with E-state index >= 15 is 0 Å². The van der Waals surface area contributed by atoms with Crippen molar-refractivity contribution in [2.45, 2.75) is 17.7 Å². The van der Waals surface area contributed by atoms with Gasteiger partial charge in [0.2, 0.25) is 21.8 Å². The molecule has 1 aromatic carbocycles. The van der Waals surface area contributed by atoms with E-state index in [4.69, 9.17) is 5.73 Å². The minimum atomic E-state index is -3.66. The molecule has 24 heavy (non-hydrogen) atoms. The van der Waals surface area contributed by atoms with E-state index in [9.17, 15) is 18.0 Å². The number of hydrogen-bond donors (Lipinski definition) is 3. The summed E-state index contributed by atoms with van der Waals surface area (Å²) in [5.74, 6) is -0.396. The zero-order valence-corrected chi connectivity index (χ0v) is 14.7. The first kappa shape index (κ1) is 20.4. The van der Waals surface area contributed by atoms with Crippen molar-refractivity contribution in [3.63, 3.8) is 0 Å². The van der Waals surface area contributed by atoms with E-state index in [1.807, 2.05) is 0 Å². The van der Waals surface area contributed by atoms with Crippen molar-refractivity contribution in [3.8, 4) is 0 Å². The summed E-state index contributed by atoms with van der Waals surface area (Å²) >= 11 is 0. The Labute approximate surface area is 147 Å². The van der Waals surface area contributed by atoms with Gasteiger partial charge >= 0.3 is 0 Å². The summed E-state index contributed by atoms with van der Waals surface area (Å²) in [5.41, 5.74) is 5.64. The molecule has 0 radical (unpaired) electrons. The lowest BCUT2D eigenvalue weighted by molar-refractivity contribution is -0.131. The second kappa shape index (κ2) is 8.97. The quantitative estimate of drug-likeness (QED) is 0.613. The second-order valence-electron chi connectivity index (χ2n) is 5.18. The van der Waals surface area contributed by atoms with Gasteiger partial charge in [0, 0.05) is 31.7 Å². The van der Waals surface area contributed by atoms with E-state index < -0.39 is 10.0 Å². The molecule has 2 amide bonds. The maximum Gasteiger partial charge on any atom is 0.243 e. The third-order valence-corrected chi connectivity index (χ3v) is 4.83. The average Bonchev–Trinajstić information content (AvgIpc) is 2.90. The predicted octanol–water partition coefficient (Wildman–Crippen LogP) is -0.0937. The number of anilines is 1. The molecule has 1 fully saturated rings. The van der Waals surface area contributed by atoms with Gasteiger partial charge < -0.3 is 16.0 Å². The number of amides is 2. The summed E-state index contributed by atoms with van der Waals surface area (Å²) in [6.45, 7) is 0.875. The van der Waals surface area contributed by atoms with Crippen LogP contribution in [0.2, 0.25) is 0 Å². The maximum absolute atomic E-state index is 12.0. The molecular weight excluding hydrogens is 356 g/mol. The smallest absolute Gasteiger partial charge is 0.243 e. The van der Waals surface area contributed by atoms with Crippen molar-refractivity contribution in [1.29, 1.82) is 0 Å². The number of rotatable bonds is 7. The molecule has 0 aromatic heterocycles. The van der Waals surface area contributed by atoms with Gasteiger partial charge in [0.1, 0.15) is 0 Å². The van der Waals surface area contributed by atoms with Gasteiger partial charge in [-0.25, -0.2) is 13.1 Å². The van der Waals surface area contributed by atoms with Gasteiger partial charge in [-0.05, 0) is 24.6 Å². The number of carbonyl (C=O) groups excluding carboxylic acids is 2. The molecule has 1 aromatic rings. The standard InChI is InChI=1S/C14H20N4O4S.ClH/c15-6-7-16-23(21,22)12-4-1-3-11(9-12)17-13(19)10-18-8-2-5-14(18)20;/h1,3-4,9,16H,2,5-8,10,15H2,(H,17,19);1H. The van der Waals surface area contributed by atoms with Crippen LogP contribution in [0, 0.1) is 0 Å². The van der Waals surface area contributed by atoms with E-state index in [1.165, 1.54) is 23.1 Å². The van der Waals surface area contributed by atoms with Gasteiger partial charge in [-0.2, -0.15) is 0 Å². The van der Waals surface area contributed by atoms with Crippen LogP contribution in [0.1, 0.15) is 12.8 Å². The number of nitrogens with one attached hydrogen (secondary N) is 2. The third kappa shape index (κ3) is 5.45. The van der Waals surface area contributed by atoms with E-state index in [0.717, 1.165) is 6.42 Å². The molecule has 0 unspecified atom stereocenters. The number of hydrogen-bond acceptors (Lipinski definition) is 5. The Bertz CT molecular complexity index is 696. The summed E-state index contributed by atoms with van der Waals surface area (Å²) in [6, 6.07) is 5.92. The molecule has 1 heterocycles. The van der Waals surface area contributed by atoms with E-state index in [1.54, 1.807) is 6.07 Å². The monoisotopic (exact) mass is 376 g/mol. The Hall–Kier alpha value is -1.68. The molecule has 0 aliphatic carbocycles. The van der Waals surface area contributed by atoms with Gasteiger partial charge in [0.15, 0.2) is 0 Å². The number of likely N-dealkylation sites (tertiary alicyclic amines) is 1. The highest BCUT2D eigenvalue weighted by Gasteiger charge is 2.22. The molecule has 2 rings (SSSR count). The van der Waals surface area contributed by atoms with Crippen LogP contribution in [0.3, 0.4) is 0 Å². The fourth-order valence-electron chi connectivity index (χ4n) is 2.26. The highest BCUT2D eigenvalue weighted by atomic mass is 35.5. The van der Waals surface area contributed by atoms with Crippen LogP contribution in [-0.2, 0) is 19.6 Å². The first-order valence-corrected chi connectivity index (χ1v) is 8.78. The number of sulfonamides is 1. The van der Waals surface area contributed by atoms with E-state index in [2.05, 4.69) is 10.0 Å². The Morgan fingerprint density at radius 2 is 2.08 bits per heavy atom. The van der Waals surface area contributed by atoms with Crippen molar-refractivity contribution in [2.24, 2.45) is 5.73 Å². The van der Waals surface area contributed by atoms with Crippen LogP contribution in [-0.4, -0.2) is 51.3 Å². The molecule has 10 heteroatoms. The minimum Gasteiger partial charge on any atom is -0.333 e. The van der Waals surface area contributed by atoms with Gasteiger partial charge in [-0.1, -0.05) is 6.07 Å². The molecular formula is C14H21ClN4O4S. The lowest BCUT2D eigenvalue weighted by atomic mass is 10.3. The highest BCUT2D eigenvalue weighted by molar-refractivity contribution is 7.89. The van der Waals surface area contributed by atoms with Crippen LogP contribution < -0.4 is 15.8 Å². The molecule has 0 bridgehead atoms. The van der Waals surface area contributed by atoms with Gasteiger partial charge in [-0.3, -0.25) is 9.59 Å². The van der Waals surface area contributed by atoms with E-state index in [0.29, 0.717) is 18.7 Å². The lowest BCUT2D eigenvalue weighted by Gasteiger charge is -2.15. The molecule has 0 spiro atoms. The molecule has 8 nitrogen and oxygen atoms in total. The van der Waals surface area contributed by atoms with E-state index in [-0.39, 0.29) is 48.8 Å². The zero-order chi connectivity index (χ0) is 16.9. The van der Waals surface area contributed by atoms with Crippen LogP contribution in [0.25, 0.3) is 0 Å². The molecule has 1 aliphatic heterocycles. The maximum atomic E-state index is 12.0. The Balaban J connectivity index is 0.00000288. The topological polar surface area (TPSA) is 122 Å². The molecule has 0 saturated carbocycles. The number of carbonyl (C=O) groups is 2. The van der Waals surface area contributed by atoms with Crippen molar-refractivity contribution in [2.75, 3.05) is 31.5 Å². The normalized spacial score (nSPS) is 14.4. The SMILES string of the molecule is Cl.NCCNS(=O)(=O)c1cccc(NC(=O)CN2CCCC2=O)c1. The van der Waals surface area contributed by atoms with Gasteiger partial charge in [0.05, 0.1) is 11.4 Å². The van der Waals surface area contributed by atoms with Crippen molar-refractivity contribution >= 4 is 39.9 Å². The van der Waals surface area contributed by atoms with Crippen LogP contribution in [0.4, 0.5) is 5.69 Å². The summed E-state index contributed by atoms with van der Waals surface area (Å²) < 4.78 is 26.4. The molecule has 0 atom stereocenters. The van der Waals surface area contributed by atoms with Crippen LogP contribution in [0.5, 0.6) is 0 Å². The second-order valence-corrected chi connectivity index (χ2v) is 6.95. The molecule has 4 N–H and O–H groups in total. The Morgan fingerprint density at radius 1 is 1.33 bits per heavy atom. The number of nitrogens with two attached hydrogens (primary N) is 1. The first-order valence-electron chi connectivity index (χ1n) is 7.30. The zero-order valence-electron chi connectivity index (χ0n) is 13.0. The fraction of sp³-hybridized carbons (Fsp3) is 0.429. The average molecular weight is 377 g/mol. The number of nitrogens with zero attached hydrogens (tertiary/aromatic N) is 1. The lowest BCUT2D eigenvalue weighted by Crippen LogP contribution is -2.34. The Kier molecular flexibility index (Phi) is 7.61. The van der Waals surface area contributed by atoms with Crippen molar-refractivity contribution in [3.05, 3.63) is 24.3 Å². The van der Waals surface area contributed by atoms with Gasteiger partial charge in [-0.15, -0.1) is 12.4 Å². The van der Waals surface area contributed by atoms with Crippen LogP contribution >= 0.6 is 12.4 Å².